The van der Waals surface area contributed by atoms with E-state index in [-0.39, 0.29) is 66.0 Å². The molecule has 1 unspecified atom stereocenters. The number of hydrogen-bond donors (Lipinski definition) is 2. The normalized spacial score (nSPS) is 22.8. The minimum atomic E-state index is -0.745. The standard InChI is InChI=1S/C45H46F3N5O5/c1-26-18-28(2-6-35(26)46)34-25-58-41-21-31(54)4-5-32(41)43(34)29-3-7-38(36(47)19-29)51-12-10-27(11-13-51)23-50-14-16-52(17-15-50)40-20-30-24-53(45(57)33(30)22-37(40)48)39-8-9-42(55)49-44(39)56/h2-7,18-22,27,34,39,43,54H,8-17,23-25H2,1H3,(H,49,55,56)/t34-,39+,43?/m1/s1. The number of nitrogens with zero attached hydrogens (tertiary/aromatic N) is 4. The van der Waals surface area contributed by atoms with E-state index in [2.05, 4.69) is 15.1 Å². The Bertz CT molecular complexity index is 2290. The van der Waals surface area contributed by atoms with Crippen LogP contribution < -0.4 is 19.9 Å². The first-order chi connectivity index (χ1) is 28.0. The first-order valence-electron chi connectivity index (χ1n) is 20.2. The molecule has 10 nitrogen and oxygen atoms in total. The summed E-state index contributed by atoms with van der Waals surface area (Å²) in [6.07, 6.45) is 2.25. The lowest BCUT2D eigenvalue weighted by molar-refractivity contribution is -0.136. The molecule has 5 aliphatic rings. The molecule has 3 fully saturated rings. The Balaban J connectivity index is 0.812. The zero-order valence-electron chi connectivity index (χ0n) is 32.4. The van der Waals surface area contributed by atoms with Crippen LogP contribution >= 0.6 is 0 Å². The third kappa shape index (κ3) is 7.14. The molecule has 5 heterocycles. The van der Waals surface area contributed by atoms with Gasteiger partial charge in [0.25, 0.3) is 5.91 Å². The smallest absolute Gasteiger partial charge is 0.255 e. The van der Waals surface area contributed by atoms with Crippen molar-refractivity contribution in [3.63, 3.8) is 0 Å². The molecule has 0 radical (unpaired) electrons. The Morgan fingerprint density at radius 2 is 1.52 bits per heavy atom. The van der Waals surface area contributed by atoms with Gasteiger partial charge >= 0.3 is 0 Å². The number of anilines is 2. The van der Waals surface area contributed by atoms with E-state index in [0.29, 0.717) is 53.9 Å². The number of carbonyl (C=O) groups is 3. The third-order valence-electron chi connectivity index (χ3n) is 12.9. The molecule has 9 rings (SSSR count). The molecule has 13 heteroatoms. The van der Waals surface area contributed by atoms with Crippen LogP contribution in [0.25, 0.3) is 0 Å². The fourth-order valence-electron chi connectivity index (χ4n) is 9.68. The number of amides is 3. The zero-order chi connectivity index (χ0) is 40.2. The fraction of sp³-hybridized carbons (Fsp3) is 0.400. The summed E-state index contributed by atoms with van der Waals surface area (Å²) in [5, 5.41) is 12.5. The van der Waals surface area contributed by atoms with Gasteiger partial charge in [-0.05, 0) is 90.8 Å². The van der Waals surface area contributed by atoms with Crippen LogP contribution in [0.2, 0.25) is 0 Å². The van der Waals surface area contributed by atoms with Crippen molar-refractivity contribution in [1.29, 1.82) is 0 Å². The lowest BCUT2D eigenvalue weighted by atomic mass is 9.75. The summed E-state index contributed by atoms with van der Waals surface area (Å²) >= 11 is 0. The molecule has 0 spiro atoms. The van der Waals surface area contributed by atoms with Gasteiger partial charge < -0.3 is 24.5 Å². The average Bonchev–Trinajstić information content (AvgIpc) is 3.52. The number of phenolic OH excluding ortho intramolecular Hbond substituents is 1. The summed E-state index contributed by atoms with van der Waals surface area (Å²) in [6, 6.07) is 17.8. The molecule has 0 saturated carbocycles. The van der Waals surface area contributed by atoms with Gasteiger partial charge in [-0.3, -0.25) is 24.6 Å². The molecule has 5 aliphatic heterocycles. The van der Waals surface area contributed by atoms with Crippen molar-refractivity contribution in [2.24, 2.45) is 5.92 Å². The minimum absolute atomic E-state index is 0.0913. The van der Waals surface area contributed by atoms with E-state index >= 15 is 8.78 Å². The Morgan fingerprint density at radius 3 is 2.26 bits per heavy atom. The van der Waals surface area contributed by atoms with E-state index in [1.54, 1.807) is 37.3 Å². The van der Waals surface area contributed by atoms with Crippen molar-refractivity contribution >= 4 is 29.1 Å². The number of aryl methyl sites for hydroxylation is 1. The molecule has 302 valence electrons. The van der Waals surface area contributed by atoms with Gasteiger partial charge in [-0.1, -0.05) is 24.3 Å². The van der Waals surface area contributed by atoms with Gasteiger partial charge in [0.2, 0.25) is 11.8 Å². The van der Waals surface area contributed by atoms with E-state index in [9.17, 15) is 23.9 Å². The molecule has 0 aliphatic carbocycles. The topological polar surface area (TPSA) is 106 Å². The zero-order valence-corrected chi connectivity index (χ0v) is 32.4. The molecule has 2 N–H and O–H groups in total. The minimum Gasteiger partial charge on any atom is -0.508 e. The second kappa shape index (κ2) is 15.3. The largest absolute Gasteiger partial charge is 0.508 e. The summed E-state index contributed by atoms with van der Waals surface area (Å²) in [6.45, 7) is 7.41. The van der Waals surface area contributed by atoms with Crippen molar-refractivity contribution in [3.05, 3.63) is 118 Å². The number of phenols is 1. The Kier molecular flexibility index (Phi) is 10.0. The highest BCUT2D eigenvalue weighted by Gasteiger charge is 2.40. The van der Waals surface area contributed by atoms with Crippen LogP contribution in [0.1, 0.15) is 75.7 Å². The second-order valence-corrected chi connectivity index (χ2v) is 16.4. The van der Waals surface area contributed by atoms with E-state index in [1.165, 1.54) is 17.0 Å². The maximum atomic E-state index is 16.1. The number of piperazine rings is 1. The number of fused-ring (bicyclic) bond motifs is 2. The van der Waals surface area contributed by atoms with Crippen molar-refractivity contribution < 1.29 is 37.4 Å². The number of nitrogens with one attached hydrogen (secondary N) is 1. The monoisotopic (exact) mass is 793 g/mol. The number of piperidine rings is 2. The molecule has 4 aromatic carbocycles. The van der Waals surface area contributed by atoms with Crippen molar-refractivity contribution in [2.45, 2.75) is 57.0 Å². The number of imide groups is 1. The highest BCUT2D eigenvalue weighted by atomic mass is 19.1. The Labute approximate surface area is 335 Å². The van der Waals surface area contributed by atoms with Gasteiger partial charge in [-0.25, -0.2) is 13.2 Å². The summed E-state index contributed by atoms with van der Waals surface area (Å²) in [5.41, 5.74) is 5.06. The van der Waals surface area contributed by atoms with Crippen LogP contribution in [0, 0.1) is 30.3 Å². The number of ether oxygens (including phenoxy) is 1. The predicted molar refractivity (Wildman–Crippen MR) is 212 cm³/mol. The van der Waals surface area contributed by atoms with Crippen molar-refractivity contribution in [3.8, 4) is 11.5 Å². The van der Waals surface area contributed by atoms with E-state index in [1.807, 2.05) is 29.2 Å². The van der Waals surface area contributed by atoms with Gasteiger partial charge in [0, 0.05) is 87.8 Å². The van der Waals surface area contributed by atoms with E-state index in [0.717, 1.165) is 62.3 Å². The number of benzene rings is 4. The maximum Gasteiger partial charge on any atom is 0.255 e. The van der Waals surface area contributed by atoms with Gasteiger partial charge in [0.05, 0.1) is 18.0 Å². The lowest BCUT2D eigenvalue weighted by Crippen LogP contribution is -2.52. The van der Waals surface area contributed by atoms with Gasteiger partial charge in [0.15, 0.2) is 0 Å². The van der Waals surface area contributed by atoms with Crippen LogP contribution in [0.5, 0.6) is 11.5 Å². The summed E-state index contributed by atoms with van der Waals surface area (Å²) in [4.78, 5) is 45.2. The van der Waals surface area contributed by atoms with Gasteiger partial charge in [-0.2, -0.15) is 0 Å². The first-order valence-corrected chi connectivity index (χ1v) is 20.2. The number of rotatable bonds is 7. The third-order valence-corrected chi connectivity index (χ3v) is 12.9. The number of aromatic hydroxyl groups is 1. The summed E-state index contributed by atoms with van der Waals surface area (Å²) in [7, 11) is 0. The second-order valence-electron chi connectivity index (χ2n) is 16.4. The quantitative estimate of drug-likeness (QED) is 0.213. The van der Waals surface area contributed by atoms with E-state index in [4.69, 9.17) is 4.74 Å². The average molecular weight is 794 g/mol. The van der Waals surface area contributed by atoms with Gasteiger partial charge in [0.1, 0.15) is 35.0 Å². The molecule has 3 saturated heterocycles. The molecule has 58 heavy (non-hydrogen) atoms. The van der Waals surface area contributed by atoms with Crippen molar-refractivity contribution in [2.75, 3.05) is 62.2 Å². The summed E-state index contributed by atoms with van der Waals surface area (Å²) in [5.74, 6) is -1.61. The molecule has 0 bridgehead atoms. The number of carbonyl (C=O) groups excluding carboxylic acids is 3. The Hall–Kier alpha value is -5.56. The lowest BCUT2D eigenvalue weighted by Gasteiger charge is -2.40. The van der Waals surface area contributed by atoms with Gasteiger partial charge in [-0.15, -0.1) is 0 Å². The molecule has 4 aromatic rings. The summed E-state index contributed by atoms with van der Waals surface area (Å²) < 4.78 is 51.9. The highest BCUT2D eigenvalue weighted by Crippen LogP contribution is 2.48. The van der Waals surface area contributed by atoms with Crippen LogP contribution in [0.4, 0.5) is 24.5 Å². The predicted octanol–water partition coefficient (Wildman–Crippen LogP) is 6.23. The number of hydrogen-bond acceptors (Lipinski definition) is 8. The SMILES string of the molecule is Cc1cc([C@H]2COc3cc(O)ccc3C2c2ccc(N3CCC(CN4CCN(c5cc6c(cc5F)C(=O)N([C@H]5CCC(=O)NC5=O)C6)CC4)CC3)c(F)c2)ccc1F. The van der Waals surface area contributed by atoms with Crippen LogP contribution in [0.3, 0.4) is 0 Å². The molecular weight excluding hydrogens is 748 g/mol. The highest BCUT2D eigenvalue weighted by molar-refractivity contribution is 6.05. The molecule has 3 amide bonds. The Morgan fingerprint density at radius 1 is 0.776 bits per heavy atom. The van der Waals surface area contributed by atoms with Crippen LogP contribution in [-0.2, 0) is 16.1 Å². The van der Waals surface area contributed by atoms with Crippen LogP contribution in [0.15, 0.2) is 66.7 Å². The fourth-order valence-corrected chi connectivity index (χ4v) is 9.68. The van der Waals surface area contributed by atoms with Crippen molar-refractivity contribution in [1.82, 2.24) is 15.1 Å². The maximum absolute atomic E-state index is 16.1. The van der Waals surface area contributed by atoms with E-state index < -0.39 is 17.8 Å². The molecular formula is C45H46F3N5O5. The molecule has 0 aromatic heterocycles. The number of halogens is 3. The first kappa shape index (κ1) is 38.0. The van der Waals surface area contributed by atoms with Crippen LogP contribution in [-0.4, -0.2) is 91.1 Å². The molecule has 3 atom stereocenters.